The normalized spacial score (nSPS) is 20.1. The van der Waals surface area contributed by atoms with Crippen molar-refractivity contribution >= 4 is 17.8 Å². The number of carbonyl (C=O) groups is 1. The van der Waals surface area contributed by atoms with Gasteiger partial charge < -0.3 is 5.32 Å². The Labute approximate surface area is 158 Å². The average molecular weight is 365 g/mol. The lowest BCUT2D eigenvalue weighted by atomic mass is 10.1. The highest BCUT2D eigenvalue weighted by molar-refractivity contribution is 5.90. The molecule has 2 heterocycles. The van der Waals surface area contributed by atoms with Gasteiger partial charge in [0.15, 0.2) is 0 Å². The molecule has 0 unspecified atom stereocenters. The Morgan fingerprint density at radius 3 is 2.63 bits per heavy atom. The molecule has 2 aromatic rings. The standard InChI is InChI=1S/C20H23N5O2/c26-20(24-27)6-5-16-11-22-19(12-21-16)23-17-7-8-25(13-17)18-9-14-3-1-2-4-15(14)10-18/h1-6,11-12,17-18,27H,7-10,13H2,(H,22,23)(H,24,26)/t17-/m1/s1. The van der Waals surface area contributed by atoms with Crippen LogP contribution in [0.5, 0.6) is 0 Å². The number of hydrogen-bond acceptors (Lipinski definition) is 6. The van der Waals surface area contributed by atoms with Crippen molar-refractivity contribution < 1.29 is 10.0 Å². The first-order chi connectivity index (χ1) is 13.2. The summed E-state index contributed by atoms with van der Waals surface area (Å²) in [5.74, 6) is 0.138. The lowest BCUT2D eigenvalue weighted by molar-refractivity contribution is -0.124. The number of anilines is 1. The summed E-state index contributed by atoms with van der Waals surface area (Å²) in [6.45, 7) is 2.11. The van der Waals surface area contributed by atoms with Crippen molar-refractivity contribution in [3.8, 4) is 0 Å². The smallest absolute Gasteiger partial charge is 0.267 e. The summed E-state index contributed by atoms with van der Waals surface area (Å²) in [6, 6.07) is 9.72. The fraction of sp³-hybridized carbons (Fsp3) is 0.350. The minimum atomic E-state index is -0.598. The van der Waals surface area contributed by atoms with E-state index in [1.54, 1.807) is 12.4 Å². The summed E-state index contributed by atoms with van der Waals surface area (Å²) in [5, 5.41) is 11.9. The van der Waals surface area contributed by atoms with Crippen molar-refractivity contribution in [3.63, 3.8) is 0 Å². The third-order valence-electron chi connectivity index (χ3n) is 5.31. The van der Waals surface area contributed by atoms with E-state index in [2.05, 4.69) is 44.5 Å². The Hall–Kier alpha value is -2.77. The Morgan fingerprint density at radius 1 is 1.19 bits per heavy atom. The molecule has 0 radical (unpaired) electrons. The van der Waals surface area contributed by atoms with E-state index in [-0.39, 0.29) is 0 Å². The minimum Gasteiger partial charge on any atom is -0.365 e. The number of aromatic nitrogens is 2. The van der Waals surface area contributed by atoms with Gasteiger partial charge in [-0.25, -0.2) is 10.5 Å². The number of nitrogens with one attached hydrogen (secondary N) is 2. The van der Waals surface area contributed by atoms with Gasteiger partial charge in [0, 0.05) is 31.2 Å². The number of rotatable bonds is 5. The molecular formula is C20H23N5O2. The predicted octanol–water partition coefficient (Wildman–Crippen LogP) is 1.65. The van der Waals surface area contributed by atoms with Crippen molar-refractivity contribution in [1.82, 2.24) is 20.3 Å². The molecule has 0 bridgehead atoms. The molecule has 7 nitrogen and oxygen atoms in total. The molecule has 7 heteroatoms. The second-order valence-corrected chi connectivity index (χ2v) is 7.09. The summed E-state index contributed by atoms with van der Waals surface area (Å²) >= 11 is 0. The van der Waals surface area contributed by atoms with Crippen LogP contribution in [0.15, 0.2) is 42.7 Å². The lowest BCUT2D eigenvalue weighted by Gasteiger charge is -2.23. The molecule has 1 atom stereocenters. The van der Waals surface area contributed by atoms with E-state index in [1.807, 2.05) is 0 Å². The molecule has 0 saturated carbocycles. The van der Waals surface area contributed by atoms with Gasteiger partial charge in [-0.1, -0.05) is 24.3 Å². The SMILES string of the molecule is O=C(C=Cc1cnc(N[C@@H]2CCN(C3Cc4ccccc4C3)C2)cn1)NO. The fourth-order valence-corrected chi connectivity index (χ4v) is 3.94. The van der Waals surface area contributed by atoms with E-state index in [0.717, 1.165) is 38.2 Å². The summed E-state index contributed by atoms with van der Waals surface area (Å²) in [6.07, 6.45) is 9.35. The van der Waals surface area contributed by atoms with Gasteiger partial charge in [-0.05, 0) is 36.5 Å². The molecule has 2 aliphatic rings. The first-order valence-corrected chi connectivity index (χ1v) is 9.23. The Balaban J connectivity index is 1.30. The highest BCUT2D eigenvalue weighted by atomic mass is 16.5. The number of carbonyl (C=O) groups excluding carboxylic acids is 1. The van der Waals surface area contributed by atoms with Gasteiger partial charge in [-0.15, -0.1) is 0 Å². The topological polar surface area (TPSA) is 90.4 Å². The Kier molecular flexibility index (Phi) is 5.13. The van der Waals surface area contributed by atoms with E-state index >= 15 is 0 Å². The predicted molar refractivity (Wildman–Crippen MR) is 102 cm³/mol. The first kappa shape index (κ1) is 17.6. The molecule has 27 heavy (non-hydrogen) atoms. The van der Waals surface area contributed by atoms with Gasteiger partial charge in [0.05, 0.1) is 18.1 Å². The average Bonchev–Trinajstić information content (AvgIpc) is 3.33. The molecular weight excluding hydrogens is 342 g/mol. The van der Waals surface area contributed by atoms with Crippen molar-refractivity contribution in [1.29, 1.82) is 0 Å². The van der Waals surface area contributed by atoms with Gasteiger partial charge in [-0.2, -0.15) is 0 Å². The highest BCUT2D eigenvalue weighted by Crippen LogP contribution is 2.28. The zero-order valence-corrected chi connectivity index (χ0v) is 15.0. The Morgan fingerprint density at radius 2 is 1.96 bits per heavy atom. The number of nitrogens with zero attached hydrogens (tertiary/aromatic N) is 3. The van der Waals surface area contributed by atoms with Crippen LogP contribution in [-0.2, 0) is 17.6 Å². The molecule has 1 aromatic carbocycles. The molecule has 1 saturated heterocycles. The van der Waals surface area contributed by atoms with Crippen LogP contribution in [0, 0.1) is 0 Å². The maximum Gasteiger partial charge on any atom is 0.267 e. The van der Waals surface area contributed by atoms with Gasteiger partial charge in [0.1, 0.15) is 5.82 Å². The van der Waals surface area contributed by atoms with Crippen molar-refractivity contribution in [3.05, 3.63) is 59.6 Å². The zero-order chi connectivity index (χ0) is 18.6. The van der Waals surface area contributed by atoms with Gasteiger partial charge in [-0.3, -0.25) is 19.9 Å². The second-order valence-electron chi connectivity index (χ2n) is 7.09. The van der Waals surface area contributed by atoms with Gasteiger partial charge in [0.2, 0.25) is 0 Å². The van der Waals surface area contributed by atoms with Crippen LogP contribution in [0.25, 0.3) is 6.08 Å². The summed E-state index contributed by atoms with van der Waals surface area (Å²) in [4.78, 5) is 22.2. The number of fused-ring (bicyclic) bond motifs is 1. The first-order valence-electron chi connectivity index (χ1n) is 9.23. The van der Waals surface area contributed by atoms with Crippen LogP contribution in [0.1, 0.15) is 23.2 Å². The summed E-state index contributed by atoms with van der Waals surface area (Å²) < 4.78 is 0. The highest BCUT2D eigenvalue weighted by Gasteiger charge is 2.32. The molecule has 1 amide bonds. The zero-order valence-electron chi connectivity index (χ0n) is 15.0. The largest absolute Gasteiger partial charge is 0.365 e. The van der Waals surface area contributed by atoms with Crippen molar-refractivity contribution in [2.45, 2.75) is 31.3 Å². The lowest BCUT2D eigenvalue weighted by Crippen LogP contribution is -2.35. The van der Waals surface area contributed by atoms with Crippen LogP contribution in [0.3, 0.4) is 0 Å². The van der Waals surface area contributed by atoms with Crippen LogP contribution >= 0.6 is 0 Å². The van der Waals surface area contributed by atoms with Crippen LogP contribution in [-0.4, -0.2) is 51.2 Å². The third-order valence-corrected chi connectivity index (χ3v) is 5.31. The quantitative estimate of drug-likeness (QED) is 0.424. The number of amides is 1. The molecule has 1 fully saturated rings. The monoisotopic (exact) mass is 365 g/mol. The summed E-state index contributed by atoms with van der Waals surface area (Å²) in [5.41, 5.74) is 5.07. The number of likely N-dealkylation sites (tertiary alicyclic amines) is 1. The minimum absolute atomic E-state index is 0.365. The number of hydroxylamine groups is 1. The molecule has 1 aliphatic heterocycles. The second kappa shape index (κ2) is 7.85. The summed E-state index contributed by atoms with van der Waals surface area (Å²) in [7, 11) is 0. The molecule has 4 rings (SSSR count). The van der Waals surface area contributed by atoms with Gasteiger partial charge in [0.25, 0.3) is 5.91 Å². The number of hydrogen-bond donors (Lipinski definition) is 3. The molecule has 140 valence electrons. The fourth-order valence-electron chi connectivity index (χ4n) is 3.94. The maximum absolute atomic E-state index is 11.0. The van der Waals surface area contributed by atoms with Gasteiger partial charge >= 0.3 is 0 Å². The Bertz CT molecular complexity index is 812. The van der Waals surface area contributed by atoms with Crippen LogP contribution < -0.4 is 10.8 Å². The van der Waals surface area contributed by atoms with Crippen LogP contribution in [0.2, 0.25) is 0 Å². The number of benzene rings is 1. The van der Waals surface area contributed by atoms with E-state index in [0.29, 0.717) is 17.8 Å². The van der Waals surface area contributed by atoms with E-state index in [9.17, 15) is 4.79 Å². The van der Waals surface area contributed by atoms with Crippen molar-refractivity contribution in [2.24, 2.45) is 0 Å². The third kappa shape index (κ3) is 4.15. The van der Waals surface area contributed by atoms with E-state index < -0.39 is 5.91 Å². The van der Waals surface area contributed by atoms with Crippen molar-refractivity contribution in [2.75, 3.05) is 18.4 Å². The maximum atomic E-state index is 11.0. The van der Waals surface area contributed by atoms with Crippen LogP contribution in [0.4, 0.5) is 5.82 Å². The molecule has 0 spiro atoms. The molecule has 1 aromatic heterocycles. The molecule has 1 aliphatic carbocycles. The molecule has 3 N–H and O–H groups in total. The van der Waals surface area contributed by atoms with E-state index in [4.69, 9.17) is 5.21 Å². The van der Waals surface area contributed by atoms with E-state index in [1.165, 1.54) is 28.8 Å².